The van der Waals surface area contributed by atoms with Crippen LogP contribution >= 0.6 is 11.6 Å². The van der Waals surface area contributed by atoms with Gasteiger partial charge in [0, 0.05) is 0 Å². The fourth-order valence-corrected chi connectivity index (χ4v) is 1.70. The molecule has 0 aromatic heterocycles. The second kappa shape index (κ2) is 4.72. The topological polar surface area (TPSA) is 12.0 Å². The second-order valence-electron chi connectivity index (χ2n) is 3.70. The van der Waals surface area contributed by atoms with Gasteiger partial charge >= 0.3 is 0 Å². The van der Waals surface area contributed by atoms with Crippen molar-refractivity contribution in [3.05, 3.63) is 58.6 Å². The van der Waals surface area contributed by atoms with Crippen molar-refractivity contribution in [3.8, 4) is 0 Å². The Balaban J connectivity index is 2.41. The summed E-state index contributed by atoms with van der Waals surface area (Å²) in [6, 6.07) is 8.87. The molecule has 0 atom stereocenters. The first kappa shape index (κ1) is 11.9. The van der Waals surface area contributed by atoms with E-state index in [1.54, 1.807) is 18.2 Å². The van der Waals surface area contributed by atoms with E-state index >= 15 is 0 Å². The number of anilines is 2. The molecule has 0 saturated heterocycles. The molecule has 0 aliphatic heterocycles. The number of rotatable bonds is 2. The van der Waals surface area contributed by atoms with Gasteiger partial charge in [0.2, 0.25) is 0 Å². The third kappa shape index (κ3) is 2.56. The third-order valence-electron chi connectivity index (χ3n) is 2.34. The van der Waals surface area contributed by atoms with Crippen molar-refractivity contribution in [1.29, 1.82) is 0 Å². The Bertz CT molecular complexity index is 535. The Morgan fingerprint density at radius 2 is 1.82 bits per heavy atom. The summed E-state index contributed by atoms with van der Waals surface area (Å²) in [5.74, 6) is -0.965. The van der Waals surface area contributed by atoms with Crippen molar-refractivity contribution in [3.63, 3.8) is 0 Å². The van der Waals surface area contributed by atoms with E-state index in [2.05, 4.69) is 5.32 Å². The second-order valence-corrected chi connectivity index (χ2v) is 4.11. The summed E-state index contributed by atoms with van der Waals surface area (Å²) in [4.78, 5) is 0. The smallest absolute Gasteiger partial charge is 0.148 e. The maximum atomic E-state index is 13.5. The lowest BCUT2D eigenvalue weighted by atomic mass is 10.2. The van der Waals surface area contributed by atoms with Gasteiger partial charge in [0.1, 0.15) is 11.6 Å². The molecule has 1 N–H and O–H groups in total. The van der Waals surface area contributed by atoms with Gasteiger partial charge in [0.25, 0.3) is 0 Å². The Kier molecular flexibility index (Phi) is 3.29. The monoisotopic (exact) mass is 253 g/mol. The molecule has 2 aromatic carbocycles. The number of benzene rings is 2. The normalized spacial score (nSPS) is 10.4. The lowest BCUT2D eigenvalue weighted by Gasteiger charge is -2.10. The molecule has 0 unspecified atom stereocenters. The Morgan fingerprint density at radius 1 is 1.06 bits per heavy atom. The highest BCUT2D eigenvalue weighted by atomic mass is 35.5. The average molecular weight is 254 g/mol. The zero-order chi connectivity index (χ0) is 12.4. The first-order chi connectivity index (χ1) is 8.08. The highest BCUT2D eigenvalue weighted by molar-refractivity contribution is 6.33. The SMILES string of the molecule is Cc1ccc(F)c(Nc2c(F)cccc2Cl)c1. The Labute approximate surface area is 103 Å². The van der Waals surface area contributed by atoms with E-state index in [9.17, 15) is 8.78 Å². The van der Waals surface area contributed by atoms with Crippen LogP contribution in [0.15, 0.2) is 36.4 Å². The molecular weight excluding hydrogens is 244 g/mol. The Hall–Kier alpha value is -1.61. The zero-order valence-corrected chi connectivity index (χ0v) is 9.85. The molecule has 2 rings (SSSR count). The van der Waals surface area contributed by atoms with Crippen LogP contribution in [0, 0.1) is 18.6 Å². The van der Waals surface area contributed by atoms with E-state index in [1.807, 2.05) is 6.92 Å². The number of hydrogen-bond donors (Lipinski definition) is 1. The number of para-hydroxylation sites is 1. The summed E-state index contributed by atoms with van der Waals surface area (Å²) in [6.07, 6.45) is 0. The lowest BCUT2D eigenvalue weighted by molar-refractivity contribution is 0.625. The van der Waals surface area contributed by atoms with Crippen LogP contribution in [0.3, 0.4) is 0 Å². The molecule has 0 bridgehead atoms. The minimum absolute atomic E-state index is 0.0821. The summed E-state index contributed by atoms with van der Waals surface area (Å²) in [5.41, 5.74) is 1.16. The van der Waals surface area contributed by atoms with Crippen LogP contribution in [0.25, 0.3) is 0 Å². The largest absolute Gasteiger partial charge is 0.350 e. The fourth-order valence-electron chi connectivity index (χ4n) is 1.49. The third-order valence-corrected chi connectivity index (χ3v) is 2.66. The standard InChI is InChI=1S/C13H10ClF2N/c1-8-5-6-10(15)12(7-8)17-13-9(14)3-2-4-11(13)16/h2-7,17H,1H3. The lowest BCUT2D eigenvalue weighted by Crippen LogP contribution is -1.97. The first-order valence-corrected chi connectivity index (χ1v) is 5.43. The van der Waals surface area contributed by atoms with E-state index in [1.165, 1.54) is 18.2 Å². The van der Waals surface area contributed by atoms with E-state index in [0.717, 1.165) is 5.56 Å². The molecular formula is C13H10ClF2N. The molecule has 4 heteroatoms. The number of hydrogen-bond acceptors (Lipinski definition) is 1. The van der Waals surface area contributed by atoms with Gasteiger partial charge in [-0.25, -0.2) is 8.78 Å². The van der Waals surface area contributed by atoms with Gasteiger partial charge in [0.05, 0.1) is 16.4 Å². The molecule has 17 heavy (non-hydrogen) atoms. The number of halogens is 3. The summed E-state index contributed by atoms with van der Waals surface area (Å²) in [5, 5.41) is 2.88. The van der Waals surface area contributed by atoms with E-state index < -0.39 is 11.6 Å². The van der Waals surface area contributed by atoms with Crippen molar-refractivity contribution in [2.24, 2.45) is 0 Å². The molecule has 0 fully saturated rings. The van der Waals surface area contributed by atoms with Crippen LogP contribution in [0.1, 0.15) is 5.56 Å². The molecule has 0 saturated carbocycles. The highest BCUT2D eigenvalue weighted by Gasteiger charge is 2.09. The summed E-state index contributed by atoms with van der Waals surface area (Å²) >= 11 is 5.85. The predicted octanol–water partition coefficient (Wildman–Crippen LogP) is 4.67. The molecule has 88 valence electrons. The zero-order valence-electron chi connectivity index (χ0n) is 9.10. The van der Waals surface area contributed by atoms with Gasteiger partial charge < -0.3 is 5.32 Å². The fraction of sp³-hybridized carbons (Fsp3) is 0.0769. The molecule has 0 aliphatic rings. The van der Waals surface area contributed by atoms with Crippen molar-refractivity contribution in [2.75, 3.05) is 5.32 Å². The van der Waals surface area contributed by atoms with Crippen molar-refractivity contribution < 1.29 is 8.78 Å². The minimum Gasteiger partial charge on any atom is -0.350 e. The quantitative estimate of drug-likeness (QED) is 0.820. The number of aryl methyl sites for hydroxylation is 1. The van der Waals surface area contributed by atoms with E-state index in [4.69, 9.17) is 11.6 Å². The van der Waals surface area contributed by atoms with Gasteiger partial charge in [-0.1, -0.05) is 23.7 Å². The average Bonchev–Trinajstić information content (AvgIpc) is 2.28. The molecule has 1 nitrogen and oxygen atoms in total. The van der Waals surface area contributed by atoms with Gasteiger partial charge in [-0.3, -0.25) is 0 Å². The predicted molar refractivity (Wildman–Crippen MR) is 65.8 cm³/mol. The minimum atomic E-state index is -0.515. The molecule has 0 aliphatic carbocycles. The van der Waals surface area contributed by atoms with Crippen LogP contribution in [0.2, 0.25) is 5.02 Å². The van der Waals surface area contributed by atoms with E-state index in [0.29, 0.717) is 0 Å². The summed E-state index contributed by atoms with van der Waals surface area (Å²) in [7, 11) is 0. The van der Waals surface area contributed by atoms with E-state index in [-0.39, 0.29) is 16.4 Å². The first-order valence-electron chi connectivity index (χ1n) is 5.05. The van der Waals surface area contributed by atoms with Crippen LogP contribution in [0.5, 0.6) is 0 Å². The van der Waals surface area contributed by atoms with Gasteiger partial charge in [-0.05, 0) is 36.8 Å². The summed E-state index contributed by atoms with van der Waals surface area (Å²) < 4.78 is 27.0. The van der Waals surface area contributed by atoms with Crippen molar-refractivity contribution in [1.82, 2.24) is 0 Å². The van der Waals surface area contributed by atoms with Gasteiger partial charge in [0.15, 0.2) is 0 Å². The highest BCUT2D eigenvalue weighted by Crippen LogP contribution is 2.29. The maximum absolute atomic E-state index is 13.5. The molecule has 0 radical (unpaired) electrons. The van der Waals surface area contributed by atoms with Gasteiger partial charge in [-0.2, -0.15) is 0 Å². The summed E-state index contributed by atoms with van der Waals surface area (Å²) in [6.45, 7) is 1.83. The Morgan fingerprint density at radius 3 is 2.53 bits per heavy atom. The molecule has 0 spiro atoms. The van der Waals surface area contributed by atoms with Crippen molar-refractivity contribution >= 4 is 23.0 Å². The maximum Gasteiger partial charge on any atom is 0.148 e. The van der Waals surface area contributed by atoms with Crippen LogP contribution in [-0.2, 0) is 0 Å². The van der Waals surface area contributed by atoms with Crippen LogP contribution < -0.4 is 5.32 Å². The van der Waals surface area contributed by atoms with Gasteiger partial charge in [-0.15, -0.1) is 0 Å². The number of nitrogens with one attached hydrogen (secondary N) is 1. The molecule has 2 aromatic rings. The molecule has 0 heterocycles. The molecule has 0 amide bonds. The van der Waals surface area contributed by atoms with Crippen LogP contribution in [-0.4, -0.2) is 0 Å². The van der Waals surface area contributed by atoms with Crippen LogP contribution in [0.4, 0.5) is 20.2 Å². The van der Waals surface area contributed by atoms with Crippen molar-refractivity contribution in [2.45, 2.75) is 6.92 Å².